The van der Waals surface area contributed by atoms with Gasteiger partial charge in [0.1, 0.15) is 5.82 Å². The third-order valence-corrected chi connectivity index (χ3v) is 3.73. The molecule has 0 amide bonds. The lowest BCUT2D eigenvalue weighted by Crippen LogP contribution is -2.05. The Labute approximate surface area is 114 Å². The molecule has 3 heteroatoms. The van der Waals surface area contributed by atoms with Crippen molar-refractivity contribution in [3.63, 3.8) is 0 Å². The molecule has 0 radical (unpaired) electrons. The van der Waals surface area contributed by atoms with Crippen LogP contribution < -0.4 is 0 Å². The zero-order valence-corrected chi connectivity index (χ0v) is 11.6. The molecule has 1 nitrogen and oxygen atoms in total. The van der Waals surface area contributed by atoms with Crippen LogP contribution in [0.2, 0.25) is 0 Å². The summed E-state index contributed by atoms with van der Waals surface area (Å²) in [5, 5.41) is 10.1. The Kier molecular flexibility index (Phi) is 4.15. The molecule has 0 bridgehead atoms. The Morgan fingerprint density at radius 1 is 1.17 bits per heavy atom. The molecule has 0 saturated carbocycles. The maximum Gasteiger partial charge on any atom is 0.131 e. The van der Waals surface area contributed by atoms with E-state index in [1.807, 2.05) is 24.3 Å². The summed E-state index contributed by atoms with van der Waals surface area (Å²) in [6.45, 7) is 1.70. The molecule has 0 aromatic heterocycles. The predicted molar refractivity (Wildman–Crippen MR) is 73.9 cm³/mol. The molecule has 2 aromatic rings. The van der Waals surface area contributed by atoms with E-state index in [-0.39, 0.29) is 5.82 Å². The molecule has 0 aliphatic carbocycles. The summed E-state index contributed by atoms with van der Waals surface area (Å²) in [7, 11) is 0. The van der Waals surface area contributed by atoms with Gasteiger partial charge in [0, 0.05) is 16.5 Å². The highest BCUT2D eigenvalue weighted by Crippen LogP contribution is 2.26. The second-order valence-electron chi connectivity index (χ2n) is 4.29. The topological polar surface area (TPSA) is 20.2 Å². The molecular weight excluding hydrogens is 295 g/mol. The minimum Gasteiger partial charge on any atom is -0.388 e. The lowest BCUT2D eigenvalue weighted by Gasteiger charge is -2.14. The van der Waals surface area contributed by atoms with Crippen molar-refractivity contribution in [2.45, 2.75) is 19.4 Å². The molecule has 0 heterocycles. The highest BCUT2D eigenvalue weighted by atomic mass is 79.9. The third kappa shape index (κ3) is 2.79. The first kappa shape index (κ1) is 13.2. The molecule has 0 spiro atoms. The van der Waals surface area contributed by atoms with Gasteiger partial charge >= 0.3 is 0 Å². The number of hydrogen-bond donors (Lipinski definition) is 1. The highest BCUT2D eigenvalue weighted by Gasteiger charge is 2.15. The van der Waals surface area contributed by atoms with Crippen molar-refractivity contribution < 1.29 is 9.50 Å². The van der Waals surface area contributed by atoms with Gasteiger partial charge in [0.25, 0.3) is 0 Å². The van der Waals surface area contributed by atoms with E-state index in [0.29, 0.717) is 17.5 Å². The van der Waals surface area contributed by atoms with E-state index in [9.17, 15) is 9.50 Å². The minimum atomic E-state index is -0.830. The Morgan fingerprint density at radius 3 is 2.61 bits per heavy atom. The van der Waals surface area contributed by atoms with E-state index >= 15 is 0 Å². The number of aliphatic hydroxyl groups is 1. The zero-order chi connectivity index (χ0) is 13.1. The van der Waals surface area contributed by atoms with Gasteiger partial charge in [0.2, 0.25) is 0 Å². The first-order valence-electron chi connectivity index (χ1n) is 5.76. The number of hydrogen-bond acceptors (Lipinski definition) is 1. The van der Waals surface area contributed by atoms with Crippen LogP contribution in [0.4, 0.5) is 4.39 Å². The van der Waals surface area contributed by atoms with Crippen LogP contribution >= 0.6 is 15.9 Å². The van der Waals surface area contributed by atoms with Crippen LogP contribution in [0.15, 0.2) is 46.9 Å². The monoisotopic (exact) mass is 308 g/mol. The summed E-state index contributed by atoms with van der Waals surface area (Å²) in [5.74, 6) is -0.322. The third-order valence-electron chi connectivity index (χ3n) is 2.95. The average Bonchev–Trinajstić information content (AvgIpc) is 2.35. The predicted octanol–water partition coefficient (Wildman–Crippen LogP) is 4.17. The van der Waals surface area contributed by atoms with E-state index in [0.717, 1.165) is 10.0 Å². The van der Waals surface area contributed by atoms with Gasteiger partial charge in [-0.25, -0.2) is 4.39 Å². The Hall–Kier alpha value is -1.19. The SMILES string of the molecule is Cc1cccc(C(O)Cc2ccccc2Br)c1F. The summed E-state index contributed by atoms with van der Waals surface area (Å²) in [4.78, 5) is 0. The molecule has 0 aliphatic heterocycles. The molecule has 94 valence electrons. The van der Waals surface area contributed by atoms with E-state index < -0.39 is 6.10 Å². The largest absolute Gasteiger partial charge is 0.388 e. The first-order chi connectivity index (χ1) is 8.59. The Bertz CT molecular complexity index is 554. The molecule has 0 aliphatic rings. The molecule has 2 rings (SSSR count). The van der Waals surface area contributed by atoms with Crippen LogP contribution in [-0.4, -0.2) is 5.11 Å². The smallest absolute Gasteiger partial charge is 0.131 e. The minimum absolute atomic E-state index is 0.322. The van der Waals surface area contributed by atoms with Crippen LogP contribution in [0.5, 0.6) is 0 Å². The lowest BCUT2D eigenvalue weighted by molar-refractivity contribution is 0.173. The van der Waals surface area contributed by atoms with Crippen LogP contribution in [0.25, 0.3) is 0 Å². The molecule has 0 saturated heterocycles. The summed E-state index contributed by atoms with van der Waals surface area (Å²) in [5.41, 5.74) is 1.87. The van der Waals surface area contributed by atoms with Gasteiger partial charge in [-0.3, -0.25) is 0 Å². The second-order valence-corrected chi connectivity index (χ2v) is 5.14. The van der Waals surface area contributed by atoms with Gasteiger partial charge < -0.3 is 5.11 Å². The number of rotatable bonds is 3. The summed E-state index contributed by atoms with van der Waals surface area (Å²) in [6.07, 6.45) is -0.439. The van der Waals surface area contributed by atoms with E-state index in [4.69, 9.17) is 0 Å². The van der Waals surface area contributed by atoms with Crippen molar-refractivity contribution in [1.29, 1.82) is 0 Å². The number of halogens is 2. The van der Waals surface area contributed by atoms with Crippen molar-refractivity contribution >= 4 is 15.9 Å². The molecule has 18 heavy (non-hydrogen) atoms. The fourth-order valence-electron chi connectivity index (χ4n) is 1.91. The zero-order valence-electron chi connectivity index (χ0n) is 10.0. The fourth-order valence-corrected chi connectivity index (χ4v) is 2.36. The maximum atomic E-state index is 13.9. The lowest BCUT2D eigenvalue weighted by atomic mass is 9.99. The quantitative estimate of drug-likeness (QED) is 0.902. The average molecular weight is 309 g/mol. The Morgan fingerprint density at radius 2 is 1.89 bits per heavy atom. The van der Waals surface area contributed by atoms with Gasteiger partial charge in [-0.1, -0.05) is 52.3 Å². The molecule has 2 aromatic carbocycles. The van der Waals surface area contributed by atoms with Crippen LogP contribution in [-0.2, 0) is 6.42 Å². The van der Waals surface area contributed by atoms with Crippen LogP contribution in [0.3, 0.4) is 0 Å². The van der Waals surface area contributed by atoms with E-state index in [1.54, 1.807) is 25.1 Å². The van der Waals surface area contributed by atoms with Crippen LogP contribution in [0, 0.1) is 12.7 Å². The van der Waals surface area contributed by atoms with Crippen molar-refractivity contribution in [1.82, 2.24) is 0 Å². The molecule has 1 N–H and O–H groups in total. The van der Waals surface area contributed by atoms with Crippen molar-refractivity contribution in [3.05, 3.63) is 69.4 Å². The second kappa shape index (κ2) is 5.63. The normalized spacial score (nSPS) is 12.4. The first-order valence-corrected chi connectivity index (χ1v) is 6.55. The number of aryl methyl sites for hydroxylation is 1. The maximum absolute atomic E-state index is 13.9. The molecule has 1 unspecified atom stereocenters. The van der Waals surface area contributed by atoms with Crippen molar-refractivity contribution in [3.8, 4) is 0 Å². The van der Waals surface area contributed by atoms with Gasteiger partial charge in [-0.15, -0.1) is 0 Å². The summed E-state index contributed by atoms with van der Waals surface area (Å²) < 4.78 is 14.8. The summed E-state index contributed by atoms with van der Waals surface area (Å²) >= 11 is 3.43. The number of benzene rings is 2. The molecule has 0 fully saturated rings. The van der Waals surface area contributed by atoms with Gasteiger partial charge in [-0.05, 0) is 24.1 Å². The van der Waals surface area contributed by atoms with E-state index in [1.165, 1.54) is 0 Å². The van der Waals surface area contributed by atoms with Crippen molar-refractivity contribution in [2.75, 3.05) is 0 Å². The molecular formula is C15H14BrFO. The highest BCUT2D eigenvalue weighted by molar-refractivity contribution is 9.10. The van der Waals surface area contributed by atoms with Crippen LogP contribution in [0.1, 0.15) is 22.8 Å². The summed E-state index contributed by atoms with van der Waals surface area (Å²) in [6, 6.07) is 12.7. The Balaban J connectivity index is 2.25. The van der Waals surface area contributed by atoms with Gasteiger partial charge in [0.15, 0.2) is 0 Å². The standard InChI is InChI=1S/C15H14BrFO/c1-10-5-4-7-12(15(10)17)14(18)9-11-6-2-3-8-13(11)16/h2-8,14,18H,9H2,1H3. The fraction of sp³-hybridized carbons (Fsp3) is 0.200. The molecule has 1 atom stereocenters. The van der Waals surface area contributed by atoms with Gasteiger partial charge in [0.05, 0.1) is 6.10 Å². The number of aliphatic hydroxyl groups excluding tert-OH is 1. The van der Waals surface area contributed by atoms with E-state index in [2.05, 4.69) is 15.9 Å². The van der Waals surface area contributed by atoms with Crippen molar-refractivity contribution in [2.24, 2.45) is 0 Å². The van der Waals surface area contributed by atoms with Gasteiger partial charge in [-0.2, -0.15) is 0 Å².